The zero-order valence-corrected chi connectivity index (χ0v) is 10.7. The predicted octanol–water partition coefficient (Wildman–Crippen LogP) is -0.207. The van der Waals surface area contributed by atoms with Gasteiger partial charge in [0, 0.05) is 31.8 Å². The number of hydrogen-bond acceptors (Lipinski definition) is 4. The number of carboxylic acid groups (broad SMARTS) is 1. The molecule has 0 aromatic carbocycles. The predicted molar refractivity (Wildman–Crippen MR) is 66.0 cm³/mol. The first kappa shape index (κ1) is 14.9. The van der Waals surface area contributed by atoms with Gasteiger partial charge in [-0.1, -0.05) is 0 Å². The number of amides is 1. The van der Waals surface area contributed by atoms with E-state index in [4.69, 9.17) is 10.2 Å². The summed E-state index contributed by atoms with van der Waals surface area (Å²) >= 11 is 0. The molecule has 0 aliphatic heterocycles. The van der Waals surface area contributed by atoms with E-state index in [0.717, 1.165) is 0 Å². The van der Waals surface area contributed by atoms with Gasteiger partial charge in [0.1, 0.15) is 11.7 Å². The first-order chi connectivity index (χ1) is 8.86. The molecule has 1 aromatic rings. The molecule has 0 spiro atoms. The molecule has 0 radical (unpaired) electrons. The Morgan fingerprint density at radius 3 is 2.47 bits per heavy atom. The van der Waals surface area contributed by atoms with Crippen molar-refractivity contribution in [1.29, 1.82) is 0 Å². The van der Waals surface area contributed by atoms with Gasteiger partial charge in [-0.05, 0) is 13.0 Å². The first-order valence-corrected chi connectivity index (χ1v) is 5.68. The maximum absolute atomic E-state index is 11.9. The highest BCUT2D eigenvalue weighted by Crippen LogP contribution is 2.08. The average Bonchev–Trinajstić information content (AvgIpc) is 2.70. The summed E-state index contributed by atoms with van der Waals surface area (Å²) in [7, 11) is 1.59. The van der Waals surface area contributed by atoms with Gasteiger partial charge in [0.2, 0.25) is 0 Å². The molecule has 1 amide bonds. The summed E-state index contributed by atoms with van der Waals surface area (Å²) in [4.78, 5) is 34.0. The number of carboxylic acids is 1. The number of hydrogen-bond donors (Lipinski definition) is 3. The molecule has 0 bridgehead atoms. The number of nitrogens with zero attached hydrogens (tertiary/aromatic N) is 1. The summed E-state index contributed by atoms with van der Waals surface area (Å²) in [5.74, 6) is -2.00. The summed E-state index contributed by atoms with van der Waals surface area (Å²) in [6, 6.07) is 0.239. The van der Waals surface area contributed by atoms with Gasteiger partial charge >= 0.3 is 5.97 Å². The van der Waals surface area contributed by atoms with Crippen LogP contribution in [0.2, 0.25) is 0 Å². The van der Waals surface area contributed by atoms with Crippen LogP contribution in [0.25, 0.3) is 0 Å². The molecule has 0 aliphatic rings. The summed E-state index contributed by atoms with van der Waals surface area (Å²) in [6.45, 7) is 1.03. The Balaban J connectivity index is 2.88. The van der Waals surface area contributed by atoms with Gasteiger partial charge in [-0.15, -0.1) is 0 Å². The molecular formula is C12H16N2O5. The van der Waals surface area contributed by atoms with Crippen molar-refractivity contribution < 1.29 is 24.6 Å². The third-order valence-electron chi connectivity index (χ3n) is 2.67. The van der Waals surface area contributed by atoms with Crippen molar-refractivity contribution in [2.24, 2.45) is 7.05 Å². The Hall–Kier alpha value is -2.15. The van der Waals surface area contributed by atoms with Crippen molar-refractivity contribution >= 4 is 17.7 Å². The number of ketones is 1. The Bertz CT molecular complexity index is 506. The minimum absolute atomic E-state index is 0.0783. The molecular weight excluding hydrogens is 252 g/mol. The van der Waals surface area contributed by atoms with Gasteiger partial charge < -0.3 is 20.1 Å². The number of aromatic nitrogens is 1. The minimum Gasteiger partial charge on any atom is -0.480 e. The van der Waals surface area contributed by atoms with Crippen LogP contribution in [0.5, 0.6) is 0 Å². The molecule has 0 saturated carbocycles. The lowest BCUT2D eigenvalue weighted by molar-refractivity contribution is -0.139. The van der Waals surface area contributed by atoms with Crippen LogP contribution in [0.4, 0.5) is 0 Å². The van der Waals surface area contributed by atoms with Crippen molar-refractivity contribution in [3.63, 3.8) is 0 Å². The van der Waals surface area contributed by atoms with Gasteiger partial charge in [-0.3, -0.25) is 9.59 Å². The first-order valence-electron chi connectivity index (χ1n) is 5.68. The molecule has 104 valence electrons. The van der Waals surface area contributed by atoms with Crippen LogP contribution in [0, 0.1) is 0 Å². The fourth-order valence-electron chi connectivity index (χ4n) is 1.60. The third kappa shape index (κ3) is 3.65. The molecule has 3 N–H and O–H groups in total. The van der Waals surface area contributed by atoms with Crippen LogP contribution in [0.15, 0.2) is 12.3 Å². The van der Waals surface area contributed by atoms with Crippen LogP contribution in [-0.2, 0) is 11.8 Å². The highest BCUT2D eigenvalue weighted by molar-refractivity contribution is 6.00. The molecule has 7 heteroatoms. The van der Waals surface area contributed by atoms with Crippen LogP contribution in [0.3, 0.4) is 0 Å². The lowest BCUT2D eigenvalue weighted by Crippen LogP contribution is -2.41. The zero-order valence-electron chi connectivity index (χ0n) is 10.7. The third-order valence-corrected chi connectivity index (χ3v) is 2.67. The van der Waals surface area contributed by atoms with Crippen molar-refractivity contribution in [3.05, 3.63) is 23.5 Å². The summed E-state index contributed by atoms with van der Waals surface area (Å²) in [5, 5.41) is 19.9. The van der Waals surface area contributed by atoms with E-state index >= 15 is 0 Å². The van der Waals surface area contributed by atoms with E-state index in [-0.39, 0.29) is 24.5 Å². The van der Waals surface area contributed by atoms with Crippen LogP contribution in [0.1, 0.15) is 34.2 Å². The highest BCUT2D eigenvalue weighted by Gasteiger charge is 2.22. The monoisotopic (exact) mass is 268 g/mol. The Kier molecular flexibility index (Phi) is 4.82. The maximum atomic E-state index is 11.9. The Morgan fingerprint density at radius 2 is 2.05 bits per heavy atom. The van der Waals surface area contributed by atoms with Crippen molar-refractivity contribution in [3.8, 4) is 0 Å². The van der Waals surface area contributed by atoms with Crippen molar-refractivity contribution in [2.45, 2.75) is 19.4 Å². The van der Waals surface area contributed by atoms with E-state index < -0.39 is 17.9 Å². The van der Waals surface area contributed by atoms with Gasteiger partial charge in [-0.25, -0.2) is 4.79 Å². The molecule has 0 aliphatic carbocycles. The summed E-state index contributed by atoms with van der Waals surface area (Å²) < 4.78 is 1.45. The van der Waals surface area contributed by atoms with Crippen molar-refractivity contribution in [1.82, 2.24) is 9.88 Å². The summed E-state index contributed by atoms with van der Waals surface area (Å²) in [5.41, 5.74) is 0.566. The van der Waals surface area contributed by atoms with Crippen LogP contribution >= 0.6 is 0 Å². The quantitative estimate of drug-likeness (QED) is 0.619. The van der Waals surface area contributed by atoms with E-state index in [1.165, 1.54) is 23.8 Å². The fraction of sp³-hybridized carbons (Fsp3) is 0.417. The number of nitrogens with one attached hydrogen (secondary N) is 1. The second kappa shape index (κ2) is 6.14. The van der Waals surface area contributed by atoms with E-state index in [0.29, 0.717) is 5.56 Å². The van der Waals surface area contributed by atoms with E-state index in [2.05, 4.69) is 5.32 Å². The molecule has 1 rings (SSSR count). The van der Waals surface area contributed by atoms with Crippen LogP contribution < -0.4 is 5.32 Å². The minimum atomic E-state index is -1.22. The van der Waals surface area contributed by atoms with Gasteiger partial charge in [0.15, 0.2) is 5.78 Å². The highest BCUT2D eigenvalue weighted by atomic mass is 16.4. The van der Waals surface area contributed by atoms with E-state index in [1.807, 2.05) is 0 Å². The standard InChI is InChI=1S/C12H16N2O5/c1-7(16)8-5-10(14(2)6-8)11(17)13-9(3-4-15)12(18)19/h5-6,9,15H,3-4H2,1-2H3,(H,13,17)(H,18,19)/t9-/m1/s1. The Morgan fingerprint density at radius 1 is 1.42 bits per heavy atom. The van der Waals surface area contributed by atoms with Crippen LogP contribution in [-0.4, -0.2) is 45.1 Å². The van der Waals surface area contributed by atoms with Gasteiger partial charge in [-0.2, -0.15) is 0 Å². The SMILES string of the molecule is CC(=O)c1cc(C(=O)N[C@H](CCO)C(=O)O)n(C)c1. The second-order valence-corrected chi connectivity index (χ2v) is 4.16. The lowest BCUT2D eigenvalue weighted by Gasteiger charge is -2.13. The largest absolute Gasteiger partial charge is 0.480 e. The Labute approximate surface area is 109 Å². The summed E-state index contributed by atoms with van der Waals surface area (Å²) in [6.07, 6.45) is 1.42. The number of aliphatic hydroxyl groups excluding tert-OH is 1. The average molecular weight is 268 g/mol. The maximum Gasteiger partial charge on any atom is 0.326 e. The second-order valence-electron chi connectivity index (χ2n) is 4.16. The molecule has 7 nitrogen and oxygen atoms in total. The van der Waals surface area contributed by atoms with E-state index in [9.17, 15) is 14.4 Å². The molecule has 1 heterocycles. The normalized spacial score (nSPS) is 11.9. The molecule has 19 heavy (non-hydrogen) atoms. The lowest BCUT2D eigenvalue weighted by atomic mass is 10.2. The fourth-order valence-corrected chi connectivity index (χ4v) is 1.60. The smallest absolute Gasteiger partial charge is 0.326 e. The zero-order chi connectivity index (χ0) is 14.6. The molecule has 1 aromatic heterocycles. The molecule has 0 saturated heterocycles. The topological polar surface area (TPSA) is 109 Å². The van der Waals surface area contributed by atoms with E-state index in [1.54, 1.807) is 7.05 Å². The number of aliphatic carboxylic acids is 1. The number of rotatable bonds is 6. The van der Waals surface area contributed by atoms with Crippen molar-refractivity contribution in [2.75, 3.05) is 6.61 Å². The molecule has 0 fully saturated rings. The number of Topliss-reactive ketones (excluding diaryl/α,β-unsaturated/α-hetero) is 1. The van der Waals surface area contributed by atoms with Gasteiger partial charge in [0.25, 0.3) is 5.91 Å². The molecule has 1 atom stereocenters. The van der Waals surface area contributed by atoms with Gasteiger partial charge in [0.05, 0.1) is 0 Å². The number of aliphatic hydroxyl groups is 1. The molecule has 0 unspecified atom stereocenters. The number of carbonyl (C=O) groups is 3. The number of carbonyl (C=O) groups excluding carboxylic acids is 2. The number of aryl methyl sites for hydroxylation is 1.